The summed E-state index contributed by atoms with van der Waals surface area (Å²) in [5.74, 6) is 0.648. The highest BCUT2D eigenvalue weighted by atomic mass is 16.2. The molecule has 0 radical (unpaired) electrons. The molecule has 0 spiro atoms. The van der Waals surface area contributed by atoms with E-state index in [0.717, 1.165) is 25.3 Å². The number of hydrogen-bond acceptors (Lipinski definition) is 4. The van der Waals surface area contributed by atoms with Crippen molar-refractivity contribution in [2.75, 3.05) is 51.3 Å². The molecular formula is C16H26N4O. The Hall–Kier alpha value is -1.75. The van der Waals surface area contributed by atoms with E-state index < -0.39 is 0 Å². The highest BCUT2D eigenvalue weighted by Crippen LogP contribution is 2.22. The lowest BCUT2D eigenvalue weighted by Crippen LogP contribution is -2.23. The normalized spacial score (nSPS) is 18.7. The van der Waals surface area contributed by atoms with Crippen LogP contribution in [-0.2, 0) is 0 Å². The molecule has 1 aliphatic rings. The van der Waals surface area contributed by atoms with Gasteiger partial charge in [-0.1, -0.05) is 6.92 Å². The summed E-state index contributed by atoms with van der Waals surface area (Å²) in [6, 6.07) is 5.48. The second-order valence-corrected chi connectivity index (χ2v) is 5.93. The number of carbonyl (C=O) groups is 1. The van der Waals surface area contributed by atoms with Crippen molar-refractivity contribution in [1.82, 2.24) is 9.80 Å². The third-order valence-electron chi connectivity index (χ3n) is 4.10. The molecule has 5 nitrogen and oxygen atoms in total. The topological polar surface area (TPSA) is 61.6 Å². The molecule has 3 N–H and O–H groups in total. The van der Waals surface area contributed by atoms with Crippen molar-refractivity contribution < 1.29 is 4.79 Å². The lowest BCUT2D eigenvalue weighted by Gasteiger charge is -2.16. The molecule has 1 aromatic carbocycles. The first-order valence-electron chi connectivity index (χ1n) is 7.58. The predicted octanol–water partition coefficient (Wildman–Crippen LogP) is 1.72. The minimum absolute atomic E-state index is 0.0253. The van der Waals surface area contributed by atoms with Crippen LogP contribution in [0.4, 0.5) is 11.4 Å². The Labute approximate surface area is 127 Å². The van der Waals surface area contributed by atoms with Gasteiger partial charge in [0.1, 0.15) is 0 Å². The van der Waals surface area contributed by atoms with Crippen LogP contribution in [0, 0.1) is 5.92 Å². The number of nitrogens with two attached hydrogens (primary N) is 1. The van der Waals surface area contributed by atoms with E-state index in [1.54, 1.807) is 25.1 Å². The molecule has 1 unspecified atom stereocenters. The Morgan fingerprint density at radius 2 is 2.24 bits per heavy atom. The number of nitrogens with zero attached hydrogens (tertiary/aromatic N) is 2. The van der Waals surface area contributed by atoms with Gasteiger partial charge in [0.2, 0.25) is 0 Å². The maximum Gasteiger partial charge on any atom is 0.253 e. The van der Waals surface area contributed by atoms with Crippen LogP contribution in [0.2, 0.25) is 0 Å². The molecule has 0 saturated carbocycles. The van der Waals surface area contributed by atoms with Gasteiger partial charge in [-0.2, -0.15) is 0 Å². The summed E-state index contributed by atoms with van der Waals surface area (Å²) >= 11 is 0. The summed E-state index contributed by atoms with van der Waals surface area (Å²) < 4.78 is 0. The maximum absolute atomic E-state index is 11.9. The van der Waals surface area contributed by atoms with Crippen molar-refractivity contribution >= 4 is 17.3 Å². The average molecular weight is 290 g/mol. The molecule has 1 aromatic rings. The lowest BCUT2D eigenvalue weighted by atomic mass is 10.1. The van der Waals surface area contributed by atoms with Gasteiger partial charge < -0.3 is 20.9 Å². The van der Waals surface area contributed by atoms with Crippen LogP contribution in [0.5, 0.6) is 0 Å². The smallest absolute Gasteiger partial charge is 0.253 e. The van der Waals surface area contributed by atoms with Gasteiger partial charge in [-0.05, 0) is 43.6 Å². The van der Waals surface area contributed by atoms with E-state index in [9.17, 15) is 4.79 Å². The largest absolute Gasteiger partial charge is 0.397 e. The molecule has 1 fully saturated rings. The summed E-state index contributed by atoms with van der Waals surface area (Å²) in [7, 11) is 3.48. The molecule has 1 aliphatic heterocycles. The summed E-state index contributed by atoms with van der Waals surface area (Å²) in [5, 5.41) is 3.42. The van der Waals surface area contributed by atoms with Crippen LogP contribution in [0.25, 0.3) is 0 Å². The van der Waals surface area contributed by atoms with Crippen molar-refractivity contribution in [2.24, 2.45) is 5.92 Å². The van der Waals surface area contributed by atoms with Crippen molar-refractivity contribution in [2.45, 2.75) is 13.3 Å². The number of nitrogens with one attached hydrogen (secondary N) is 1. The number of benzene rings is 1. The molecule has 1 saturated heterocycles. The fraction of sp³-hybridized carbons (Fsp3) is 0.562. The Kier molecular flexibility index (Phi) is 5.07. The Morgan fingerprint density at radius 3 is 2.81 bits per heavy atom. The number of anilines is 2. The summed E-state index contributed by atoms with van der Waals surface area (Å²) in [6.45, 7) is 6.60. The summed E-state index contributed by atoms with van der Waals surface area (Å²) in [6.07, 6.45) is 1.23. The fourth-order valence-corrected chi connectivity index (χ4v) is 2.74. The standard InChI is InChI=1S/C16H26N4O/c1-4-20-8-7-12(11-20)10-18-15-6-5-13(9-14(15)17)16(21)19(2)3/h5-6,9,12,18H,4,7-8,10-11,17H2,1-3H3. The van der Waals surface area contributed by atoms with E-state index in [1.165, 1.54) is 13.0 Å². The van der Waals surface area contributed by atoms with Crippen LogP contribution in [0.1, 0.15) is 23.7 Å². The minimum atomic E-state index is -0.0253. The first kappa shape index (κ1) is 15.6. The lowest BCUT2D eigenvalue weighted by molar-refractivity contribution is 0.0827. The third-order valence-corrected chi connectivity index (χ3v) is 4.10. The van der Waals surface area contributed by atoms with E-state index in [-0.39, 0.29) is 5.91 Å². The van der Waals surface area contributed by atoms with Crippen LogP contribution in [-0.4, -0.2) is 56.0 Å². The summed E-state index contributed by atoms with van der Waals surface area (Å²) in [4.78, 5) is 15.9. The second kappa shape index (κ2) is 6.80. The van der Waals surface area contributed by atoms with Gasteiger partial charge in [-0.3, -0.25) is 4.79 Å². The molecular weight excluding hydrogens is 264 g/mol. The molecule has 5 heteroatoms. The van der Waals surface area contributed by atoms with Crippen molar-refractivity contribution in [3.8, 4) is 0 Å². The van der Waals surface area contributed by atoms with Crippen LogP contribution in [0.3, 0.4) is 0 Å². The fourth-order valence-electron chi connectivity index (χ4n) is 2.74. The van der Waals surface area contributed by atoms with Crippen molar-refractivity contribution in [3.63, 3.8) is 0 Å². The molecule has 1 atom stereocenters. The SMILES string of the molecule is CCN1CCC(CNc2ccc(C(=O)N(C)C)cc2N)C1. The first-order chi connectivity index (χ1) is 10.0. The van der Waals surface area contributed by atoms with Gasteiger partial charge in [0.05, 0.1) is 11.4 Å². The second-order valence-electron chi connectivity index (χ2n) is 5.93. The van der Waals surface area contributed by atoms with E-state index >= 15 is 0 Å². The van der Waals surface area contributed by atoms with Gasteiger partial charge in [0.25, 0.3) is 5.91 Å². The number of nitrogen functional groups attached to an aromatic ring is 1. The van der Waals surface area contributed by atoms with E-state index in [2.05, 4.69) is 17.1 Å². The van der Waals surface area contributed by atoms with Gasteiger partial charge in [-0.15, -0.1) is 0 Å². The third kappa shape index (κ3) is 3.88. The predicted molar refractivity (Wildman–Crippen MR) is 87.6 cm³/mol. The number of amides is 1. The number of carbonyl (C=O) groups excluding carboxylic acids is 1. The average Bonchev–Trinajstić information content (AvgIpc) is 2.93. The monoisotopic (exact) mass is 290 g/mol. The summed E-state index contributed by atoms with van der Waals surface area (Å²) in [5.41, 5.74) is 8.23. The molecule has 0 bridgehead atoms. The van der Waals surface area contributed by atoms with Gasteiger partial charge in [-0.25, -0.2) is 0 Å². The van der Waals surface area contributed by atoms with Gasteiger partial charge in [0.15, 0.2) is 0 Å². The Bertz CT molecular complexity index is 501. The van der Waals surface area contributed by atoms with Gasteiger partial charge in [0, 0.05) is 32.7 Å². The molecule has 0 aliphatic carbocycles. The van der Waals surface area contributed by atoms with Crippen molar-refractivity contribution in [3.05, 3.63) is 23.8 Å². The maximum atomic E-state index is 11.9. The minimum Gasteiger partial charge on any atom is -0.397 e. The zero-order valence-corrected chi connectivity index (χ0v) is 13.2. The van der Waals surface area contributed by atoms with Crippen LogP contribution >= 0.6 is 0 Å². The zero-order chi connectivity index (χ0) is 15.4. The van der Waals surface area contributed by atoms with E-state index in [1.807, 2.05) is 12.1 Å². The highest BCUT2D eigenvalue weighted by molar-refractivity contribution is 5.95. The van der Waals surface area contributed by atoms with Gasteiger partial charge >= 0.3 is 0 Å². The van der Waals surface area contributed by atoms with Crippen LogP contribution < -0.4 is 11.1 Å². The van der Waals surface area contributed by atoms with Crippen molar-refractivity contribution in [1.29, 1.82) is 0 Å². The molecule has 1 heterocycles. The van der Waals surface area contributed by atoms with Crippen LogP contribution in [0.15, 0.2) is 18.2 Å². The number of rotatable bonds is 5. The zero-order valence-electron chi connectivity index (χ0n) is 13.2. The molecule has 0 aromatic heterocycles. The first-order valence-corrected chi connectivity index (χ1v) is 7.58. The number of likely N-dealkylation sites (tertiary alicyclic amines) is 1. The molecule has 21 heavy (non-hydrogen) atoms. The van der Waals surface area contributed by atoms with E-state index in [4.69, 9.17) is 5.73 Å². The Morgan fingerprint density at radius 1 is 1.48 bits per heavy atom. The molecule has 1 amide bonds. The van der Waals surface area contributed by atoms with E-state index in [0.29, 0.717) is 17.2 Å². The molecule has 2 rings (SSSR count). The number of hydrogen-bond donors (Lipinski definition) is 2. The highest BCUT2D eigenvalue weighted by Gasteiger charge is 2.21. The molecule has 116 valence electrons. The quantitative estimate of drug-likeness (QED) is 0.811. The Balaban J connectivity index is 1.94.